The van der Waals surface area contributed by atoms with Gasteiger partial charge in [0.25, 0.3) is 5.91 Å². The van der Waals surface area contributed by atoms with Crippen LogP contribution in [0, 0.1) is 0 Å². The lowest BCUT2D eigenvalue weighted by Gasteiger charge is -2.48. The van der Waals surface area contributed by atoms with Gasteiger partial charge < -0.3 is 5.32 Å². The highest BCUT2D eigenvalue weighted by molar-refractivity contribution is 7.89. The minimum absolute atomic E-state index is 0.0413. The van der Waals surface area contributed by atoms with Crippen LogP contribution in [-0.4, -0.2) is 61.8 Å². The monoisotopic (exact) mass is 439 g/mol. The summed E-state index contributed by atoms with van der Waals surface area (Å²) in [4.78, 5) is 16.2. The Morgan fingerprint density at radius 2 is 1.59 bits per heavy atom. The number of hydrogen-bond acceptors (Lipinski definition) is 5. The lowest BCUT2D eigenvalue weighted by atomic mass is 9.79. The van der Waals surface area contributed by atoms with E-state index in [1.54, 1.807) is 11.4 Å². The molecule has 4 rings (SSSR count). The summed E-state index contributed by atoms with van der Waals surface area (Å²) in [6, 6.07) is 1.59. The summed E-state index contributed by atoms with van der Waals surface area (Å²) in [5, 5.41) is 4.86. The number of carbonyl (C=O) groups is 1. The van der Waals surface area contributed by atoms with Crippen LogP contribution >= 0.6 is 11.3 Å². The molecule has 3 aliphatic rings. The van der Waals surface area contributed by atoms with E-state index >= 15 is 0 Å². The number of thiophene rings is 1. The molecule has 8 heteroatoms. The van der Waals surface area contributed by atoms with Crippen LogP contribution in [0.15, 0.2) is 16.3 Å². The van der Waals surface area contributed by atoms with Crippen LogP contribution in [0.2, 0.25) is 0 Å². The van der Waals surface area contributed by atoms with E-state index in [2.05, 4.69) is 10.2 Å². The van der Waals surface area contributed by atoms with Crippen molar-refractivity contribution in [3.8, 4) is 0 Å². The fraction of sp³-hybridized carbons (Fsp3) is 0.762. The van der Waals surface area contributed by atoms with Gasteiger partial charge in [-0.3, -0.25) is 9.69 Å². The van der Waals surface area contributed by atoms with Gasteiger partial charge in [-0.25, -0.2) is 8.42 Å². The third kappa shape index (κ3) is 4.40. The lowest BCUT2D eigenvalue weighted by molar-refractivity contribution is 0.0327. The minimum atomic E-state index is -3.58. The number of hydrogen-bond donors (Lipinski definition) is 1. The Morgan fingerprint density at radius 3 is 2.28 bits per heavy atom. The molecule has 162 valence electrons. The molecule has 1 aliphatic carbocycles. The molecule has 0 aromatic carbocycles. The molecule has 0 bridgehead atoms. The fourth-order valence-electron chi connectivity index (χ4n) is 5.24. The highest BCUT2D eigenvalue weighted by atomic mass is 32.2. The first-order valence-corrected chi connectivity index (χ1v) is 13.5. The quantitative estimate of drug-likeness (QED) is 0.737. The Morgan fingerprint density at radius 1 is 0.966 bits per heavy atom. The van der Waals surface area contributed by atoms with E-state index in [0.29, 0.717) is 24.5 Å². The number of nitrogens with zero attached hydrogens (tertiary/aromatic N) is 2. The third-order valence-electron chi connectivity index (χ3n) is 6.91. The van der Waals surface area contributed by atoms with Gasteiger partial charge in [-0.15, -0.1) is 11.3 Å². The van der Waals surface area contributed by atoms with Crippen LogP contribution in [0.3, 0.4) is 0 Å². The maximum absolute atomic E-state index is 13.1. The van der Waals surface area contributed by atoms with Crippen molar-refractivity contribution >= 4 is 27.3 Å². The zero-order valence-corrected chi connectivity index (χ0v) is 18.8. The van der Waals surface area contributed by atoms with Gasteiger partial charge in [-0.1, -0.05) is 25.7 Å². The average molecular weight is 440 g/mol. The topological polar surface area (TPSA) is 69.7 Å². The predicted octanol–water partition coefficient (Wildman–Crippen LogP) is 3.45. The third-order valence-corrected chi connectivity index (χ3v) is 9.89. The molecule has 2 saturated heterocycles. The van der Waals surface area contributed by atoms with Gasteiger partial charge in [0.2, 0.25) is 10.0 Å². The molecule has 0 spiro atoms. The maximum Gasteiger partial charge on any atom is 0.262 e. The Bertz CT molecular complexity index is 803. The molecule has 1 saturated carbocycles. The second-order valence-corrected chi connectivity index (χ2v) is 11.6. The summed E-state index contributed by atoms with van der Waals surface area (Å²) in [6.45, 7) is 3.95. The van der Waals surface area contributed by atoms with Gasteiger partial charge in [-0.2, -0.15) is 4.31 Å². The van der Waals surface area contributed by atoms with Crippen molar-refractivity contribution in [2.75, 3.05) is 32.7 Å². The molecule has 2 aliphatic heterocycles. The number of piperidine rings is 1. The SMILES string of the molecule is O=C(NCC1(N2CCCCC2)CCCCC1)c1sccc1S(=O)(=O)N1CCCC1. The highest BCUT2D eigenvalue weighted by Crippen LogP contribution is 2.35. The average Bonchev–Trinajstić information content (AvgIpc) is 3.46. The van der Waals surface area contributed by atoms with E-state index in [1.165, 1.54) is 54.2 Å². The van der Waals surface area contributed by atoms with Crippen LogP contribution in [-0.2, 0) is 10.0 Å². The largest absolute Gasteiger partial charge is 0.349 e. The molecular formula is C21H33N3O3S2. The van der Waals surface area contributed by atoms with Crippen molar-refractivity contribution in [2.24, 2.45) is 0 Å². The summed E-state index contributed by atoms with van der Waals surface area (Å²) in [5.74, 6) is -0.236. The Labute approximate surface area is 178 Å². The normalized spacial score (nSPS) is 23.9. The smallest absolute Gasteiger partial charge is 0.262 e. The van der Waals surface area contributed by atoms with Gasteiger partial charge in [0.05, 0.1) is 0 Å². The molecule has 0 radical (unpaired) electrons. The number of likely N-dealkylation sites (tertiary alicyclic amines) is 1. The second kappa shape index (κ2) is 9.04. The number of sulfonamides is 1. The summed E-state index contributed by atoms with van der Waals surface area (Å²) >= 11 is 1.23. The molecule has 0 unspecified atom stereocenters. The van der Waals surface area contributed by atoms with Crippen LogP contribution in [0.1, 0.15) is 73.9 Å². The molecule has 1 aromatic rings. The summed E-state index contributed by atoms with van der Waals surface area (Å²) in [7, 11) is -3.58. The lowest BCUT2D eigenvalue weighted by Crippen LogP contribution is -2.58. The molecule has 3 fully saturated rings. The van der Waals surface area contributed by atoms with E-state index in [9.17, 15) is 13.2 Å². The van der Waals surface area contributed by atoms with E-state index in [0.717, 1.165) is 38.8 Å². The molecule has 29 heavy (non-hydrogen) atoms. The van der Waals surface area contributed by atoms with Gasteiger partial charge in [0, 0.05) is 25.2 Å². The van der Waals surface area contributed by atoms with Crippen molar-refractivity contribution < 1.29 is 13.2 Å². The number of nitrogens with one attached hydrogen (secondary N) is 1. The first-order chi connectivity index (χ1) is 14.0. The van der Waals surface area contributed by atoms with Crippen LogP contribution < -0.4 is 5.32 Å². The van der Waals surface area contributed by atoms with Crippen molar-refractivity contribution in [3.05, 3.63) is 16.3 Å². The number of carbonyl (C=O) groups excluding carboxylic acids is 1. The maximum atomic E-state index is 13.1. The first kappa shape index (κ1) is 21.3. The van der Waals surface area contributed by atoms with Gasteiger partial charge in [0.1, 0.15) is 9.77 Å². The van der Waals surface area contributed by atoms with E-state index in [4.69, 9.17) is 0 Å². The summed E-state index contributed by atoms with van der Waals surface area (Å²) in [6.07, 6.45) is 11.5. The summed E-state index contributed by atoms with van der Waals surface area (Å²) in [5.41, 5.74) is 0.0413. The Hall–Kier alpha value is -0.960. The number of rotatable bonds is 6. The van der Waals surface area contributed by atoms with Crippen LogP contribution in [0.5, 0.6) is 0 Å². The highest BCUT2D eigenvalue weighted by Gasteiger charge is 2.39. The zero-order valence-electron chi connectivity index (χ0n) is 17.2. The minimum Gasteiger partial charge on any atom is -0.349 e. The molecule has 1 amide bonds. The van der Waals surface area contributed by atoms with Crippen LogP contribution in [0.25, 0.3) is 0 Å². The Balaban J connectivity index is 1.48. The van der Waals surface area contributed by atoms with Crippen molar-refractivity contribution in [3.63, 3.8) is 0 Å². The van der Waals surface area contributed by atoms with Gasteiger partial charge in [-0.05, 0) is 63.1 Å². The van der Waals surface area contributed by atoms with Crippen LogP contribution in [0.4, 0.5) is 0 Å². The standard InChI is InChI=1S/C21H33N3O3S2/c25-20(19-18(9-16-28-19)29(26,27)24-14-7-8-15-24)22-17-21(10-3-1-4-11-21)23-12-5-2-6-13-23/h9,16H,1-8,10-15,17H2,(H,22,25). The summed E-state index contributed by atoms with van der Waals surface area (Å²) < 4.78 is 27.5. The molecule has 3 heterocycles. The molecular weight excluding hydrogens is 406 g/mol. The van der Waals surface area contributed by atoms with E-state index in [-0.39, 0.29) is 16.3 Å². The van der Waals surface area contributed by atoms with E-state index < -0.39 is 10.0 Å². The first-order valence-electron chi connectivity index (χ1n) is 11.1. The molecule has 6 nitrogen and oxygen atoms in total. The van der Waals surface area contributed by atoms with E-state index in [1.807, 2.05) is 0 Å². The second-order valence-electron chi connectivity index (χ2n) is 8.74. The fourth-order valence-corrected chi connectivity index (χ4v) is 8.08. The van der Waals surface area contributed by atoms with Crippen molar-refractivity contribution in [2.45, 2.75) is 74.6 Å². The molecule has 0 atom stereocenters. The number of amides is 1. The van der Waals surface area contributed by atoms with Gasteiger partial charge in [0.15, 0.2) is 0 Å². The Kier molecular flexibility index (Phi) is 6.63. The van der Waals surface area contributed by atoms with Crippen molar-refractivity contribution in [1.82, 2.24) is 14.5 Å². The molecule has 1 N–H and O–H groups in total. The van der Waals surface area contributed by atoms with Crippen molar-refractivity contribution in [1.29, 1.82) is 0 Å². The zero-order chi connectivity index (χ0) is 20.3. The van der Waals surface area contributed by atoms with Gasteiger partial charge >= 0.3 is 0 Å². The predicted molar refractivity (Wildman–Crippen MR) is 116 cm³/mol. The molecule has 1 aromatic heterocycles.